The molecule has 4 nitrogen and oxygen atoms in total. The number of amidine groups is 1. The molecule has 2 atom stereocenters. The summed E-state index contributed by atoms with van der Waals surface area (Å²) in [5.41, 5.74) is 0.269. The summed E-state index contributed by atoms with van der Waals surface area (Å²) in [6, 6.07) is 4.25. The summed E-state index contributed by atoms with van der Waals surface area (Å²) in [5.74, 6) is -0.397. The second-order valence-corrected chi connectivity index (χ2v) is 8.87. The predicted octanol–water partition coefficient (Wildman–Crippen LogP) is 2.24. The summed E-state index contributed by atoms with van der Waals surface area (Å²) in [7, 11) is -3.08. The number of rotatable bonds is 1. The van der Waals surface area contributed by atoms with Gasteiger partial charge >= 0.3 is 0 Å². The third-order valence-electron chi connectivity index (χ3n) is 3.25. The van der Waals surface area contributed by atoms with Gasteiger partial charge in [0.05, 0.1) is 23.2 Å². The molecule has 2 heterocycles. The van der Waals surface area contributed by atoms with Crippen molar-refractivity contribution in [1.29, 1.82) is 5.41 Å². The molecule has 2 saturated heterocycles. The average Bonchev–Trinajstić information content (AvgIpc) is 2.70. The van der Waals surface area contributed by atoms with E-state index in [9.17, 15) is 12.8 Å². The molecule has 2 aliphatic heterocycles. The minimum atomic E-state index is -3.08. The minimum absolute atomic E-state index is 0.0114. The van der Waals surface area contributed by atoms with Gasteiger partial charge < -0.3 is 4.90 Å². The summed E-state index contributed by atoms with van der Waals surface area (Å²) in [6.45, 7) is 0. The predicted molar refractivity (Wildman–Crippen MR) is 78.1 cm³/mol. The molecule has 0 spiro atoms. The van der Waals surface area contributed by atoms with Crippen LogP contribution in [0.3, 0.4) is 0 Å². The summed E-state index contributed by atoms with van der Waals surface area (Å²) in [6.07, 6.45) is 0. The first-order valence-electron chi connectivity index (χ1n) is 5.57. The van der Waals surface area contributed by atoms with E-state index in [1.54, 1.807) is 12.1 Å². The highest BCUT2D eigenvalue weighted by molar-refractivity contribution is 9.10. The van der Waals surface area contributed by atoms with Crippen LogP contribution in [-0.4, -0.2) is 36.4 Å². The Morgan fingerprint density at radius 3 is 2.84 bits per heavy atom. The van der Waals surface area contributed by atoms with Crippen molar-refractivity contribution in [3.05, 3.63) is 28.5 Å². The fourth-order valence-corrected chi connectivity index (χ4v) is 6.58. The highest BCUT2D eigenvalue weighted by Crippen LogP contribution is 2.41. The number of hydrogen-bond donors (Lipinski definition) is 1. The van der Waals surface area contributed by atoms with Crippen LogP contribution >= 0.6 is 27.7 Å². The van der Waals surface area contributed by atoms with Crippen molar-refractivity contribution >= 4 is 48.4 Å². The largest absolute Gasteiger partial charge is 0.313 e. The second kappa shape index (κ2) is 4.46. The Labute approximate surface area is 122 Å². The number of halogens is 2. The normalized spacial score (nSPS) is 28.7. The van der Waals surface area contributed by atoms with Crippen molar-refractivity contribution in [2.75, 3.05) is 16.4 Å². The summed E-state index contributed by atoms with van der Waals surface area (Å²) in [4.78, 5) is 1.50. The average molecular weight is 365 g/mol. The smallest absolute Gasteiger partial charge is 0.161 e. The molecule has 2 fully saturated rings. The lowest BCUT2D eigenvalue weighted by atomic mass is 10.2. The highest BCUT2D eigenvalue weighted by atomic mass is 79.9. The van der Waals surface area contributed by atoms with E-state index < -0.39 is 15.7 Å². The quantitative estimate of drug-likeness (QED) is 0.829. The molecule has 0 amide bonds. The van der Waals surface area contributed by atoms with Crippen molar-refractivity contribution < 1.29 is 12.8 Å². The molecule has 1 aromatic carbocycles. The molecule has 3 rings (SSSR count). The number of sulfone groups is 1. The van der Waals surface area contributed by atoms with Crippen LogP contribution in [0.4, 0.5) is 10.1 Å². The van der Waals surface area contributed by atoms with Gasteiger partial charge in [0.25, 0.3) is 0 Å². The van der Waals surface area contributed by atoms with Gasteiger partial charge in [-0.3, -0.25) is 5.41 Å². The first kappa shape index (κ1) is 13.4. The van der Waals surface area contributed by atoms with Crippen molar-refractivity contribution in [3.63, 3.8) is 0 Å². The Morgan fingerprint density at radius 1 is 1.42 bits per heavy atom. The van der Waals surface area contributed by atoms with E-state index in [2.05, 4.69) is 15.9 Å². The van der Waals surface area contributed by atoms with E-state index in [-0.39, 0.29) is 33.7 Å². The molecule has 19 heavy (non-hydrogen) atoms. The van der Waals surface area contributed by atoms with Crippen LogP contribution in [-0.2, 0) is 9.84 Å². The van der Waals surface area contributed by atoms with Crippen LogP contribution < -0.4 is 4.90 Å². The standard InChI is InChI=1S/C11H10BrFN2O2S2/c12-6-1-2-8(7(13)3-6)15-9-4-19(16,17)5-10(9)18-11(15)14/h1-3,9-10,14H,4-5H2. The molecule has 1 N–H and O–H groups in total. The van der Waals surface area contributed by atoms with Gasteiger partial charge in [-0.25, -0.2) is 12.8 Å². The van der Waals surface area contributed by atoms with Crippen LogP contribution in [0.2, 0.25) is 0 Å². The van der Waals surface area contributed by atoms with Gasteiger partial charge in [-0.05, 0) is 18.2 Å². The highest BCUT2D eigenvalue weighted by Gasteiger charge is 2.49. The van der Waals surface area contributed by atoms with Gasteiger partial charge in [-0.15, -0.1) is 0 Å². The summed E-state index contributed by atoms with van der Waals surface area (Å²) < 4.78 is 37.9. The number of nitrogens with zero attached hydrogens (tertiary/aromatic N) is 1. The van der Waals surface area contributed by atoms with E-state index in [0.717, 1.165) is 0 Å². The van der Waals surface area contributed by atoms with Crippen molar-refractivity contribution in [2.24, 2.45) is 0 Å². The van der Waals surface area contributed by atoms with E-state index in [4.69, 9.17) is 5.41 Å². The molecule has 2 aliphatic rings. The van der Waals surface area contributed by atoms with E-state index in [0.29, 0.717) is 4.47 Å². The molecule has 0 radical (unpaired) electrons. The second-order valence-electron chi connectivity index (χ2n) is 4.57. The zero-order valence-corrected chi connectivity index (χ0v) is 12.9. The molecular weight excluding hydrogens is 355 g/mol. The lowest BCUT2D eigenvalue weighted by Crippen LogP contribution is -2.37. The van der Waals surface area contributed by atoms with Crippen LogP contribution in [0.25, 0.3) is 0 Å². The fraction of sp³-hybridized carbons (Fsp3) is 0.364. The number of thioether (sulfide) groups is 1. The van der Waals surface area contributed by atoms with E-state index in [1.807, 2.05) is 0 Å². The minimum Gasteiger partial charge on any atom is -0.313 e. The lowest BCUT2D eigenvalue weighted by molar-refractivity contribution is 0.600. The summed E-state index contributed by atoms with van der Waals surface area (Å²) >= 11 is 4.39. The molecule has 0 saturated carbocycles. The number of benzene rings is 1. The molecular formula is C11H10BrFN2O2S2. The maximum atomic E-state index is 14.0. The molecule has 0 bridgehead atoms. The van der Waals surface area contributed by atoms with Gasteiger partial charge in [0.15, 0.2) is 15.0 Å². The lowest BCUT2D eigenvalue weighted by Gasteiger charge is -2.24. The zero-order chi connectivity index (χ0) is 13.8. The number of hydrogen-bond acceptors (Lipinski definition) is 4. The van der Waals surface area contributed by atoms with Gasteiger partial charge in [0, 0.05) is 9.72 Å². The number of fused-ring (bicyclic) bond motifs is 1. The van der Waals surface area contributed by atoms with E-state index in [1.165, 1.54) is 22.7 Å². The van der Waals surface area contributed by atoms with Crippen LogP contribution in [0.1, 0.15) is 0 Å². The Hall–Kier alpha value is -0.600. The van der Waals surface area contributed by atoms with Crippen molar-refractivity contribution in [3.8, 4) is 0 Å². The Morgan fingerprint density at radius 2 is 2.16 bits per heavy atom. The van der Waals surface area contributed by atoms with Crippen LogP contribution in [0.15, 0.2) is 22.7 Å². The SMILES string of the molecule is N=C1SC2CS(=O)(=O)CC2N1c1ccc(Br)cc1F. The van der Waals surface area contributed by atoms with Gasteiger partial charge in [-0.2, -0.15) is 0 Å². The zero-order valence-electron chi connectivity index (χ0n) is 9.64. The molecule has 0 aliphatic carbocycles. The third kappa shape index (κ3) is 2.30. The molecule has 102 valence electrons. The Bertz CT molecular complexity index is 665. The third-order valence-corrected chi connectivity index (χ3v) is 6.88. The monoisotopic (exact) mass is 364 g/mol. The molecule has 8 heteroatoms. The maximum Gasteiger partial charge on any atom is 0.161 e. The molecule has 0 aromatic heterocycles. The van der Waals surface area contributed by atoms with Gasteiger partial charge in [0.2, 0.25) is 0 Å². The van der Waals surface area contributed by atoms with Gasteiger partial charge in [0.1, 0.15) is 5.82 Å². The van der Waals surface area contributed by atoms with Crippen molar-refractivity contribution in [1.82, 2.24) is 0 Å². The first-order valence-corrected chi connectivity index (χ1v) is 9.07. The number of nitrogens with one attached hydrogen (secondary N) is 1. The number of anilines is 1. The molecule has 2 unspecified atom stereocenters. The summed E-state index contributed by atoms with van der Waals surface area (Å²) in [5, 5.41) is 7.98. The Kier molecular flexibility index (Phi) is 3.14. The van der Waals surface area contributed by atoms with E-state index >= 15 is 0 Å². The van der Waals surface area contributed by atoms with Crippen LogP contribution in [0.5, 0.6) is 0 Å². The Balaban J connectivity index is 2.02. The first-order chi connectivity index (χ1) is 8.87. The van der Waals surface area contributed by atoms with Crippen LogP contribution in [0, 0.1) is 11.2 Å². The van der Waals surface area contributed by atoms with Gasteiger partial charge in [-0.1, -0.05) is 27.7 Å². The fourth-order valence-electron chi connectivity index (χ4n) is 2.47. The maximum absolute atomic E-state index is 14.0. The van der Waals surface area contributed by atoms with Crippen molar-refractivity contribution in [2.45, 2.75) is 11.3 Å². The molecule has 1 aromatic rings. The topological polar surface area (TPSA) is 61.2 Å².